The Morgan fingerprint density at radius 3 is 2.69 bits per heavy atom. The third-order valence-corrected chi connectivity index (χ3v) is 6.42. The van der Waals surface area contributed by atoms with Crippen LogP contribution in [0.5, 0.6) is 0 Å². The van der Waals surface area contributed by atoms with Gasteiger partial charge in [-0.05, 0) is 31.0 Å². The Morgan fingerprint density at radius 2 is 2.00 bits per heavy atom. The molecule has 3 heterocycles. The zero-order valence-electron chi connectivity index (χ0n) is 14.2. The molecule has 2 N–H and O–H groups in total. The number of piperazine rings is 1. The highest BCUT2D eigenvalue weighted by Crippen LogP contribution is 2.41. The first-order valence-electron chi connectivity index (χ1n) is 8.94. The number of aromatic carboxylic acids is 1. The van der Waals surface area contributed by atoms with Gasteiger partial charge >= 0.3 is 5.97 Å². The number of carboxylic acids is 1. The molecule has 134 valence electrons. The maximum atomic E-state index is 12.7. The molecule has 1 aromatic carbocycles. The molecule has 1 saturated heterocycles. The Kier molecular flexibility index (Phi) is 3.55. The number of anilines is 1. The van der Waals surface area contributed by atoms with E-state index in [1.54, 1.807) is 6.20 Å². The van der Waals surface area contributed by atoms with Gasteiger partial charge in [-0.25, -0.2) is 4.79 Å². The summed E-state index contributed by atoms with van der Waals surface area (Å²) in [6.45, 7) is 3.88. The first-order valence-corrected chi connectivity index (χ1v) is 9.75. The van der Waals surface area contributed by atoms with Gasteiger partial charge in [-0.1, -0.05) is 0 Å². The lowest BCUT2D eigenvalue weighted by molar-refractivity contribution is 0.0695. The number of nitrogens with one attached hydrogen (secondary N) is 1. The van der Waals surface area contributed by atoms with Gasteiger partial charge in [0, 0.05) is 54.2 Å². The van der Waals surface area contributed by atoms with Crippen molar-refractivity contribution < 1.29 is 9.90 Å². The van der Waals surface area contributed by atoms with Gasteiger partial charge in [0.2, 0.25) is 5.43 Å². The summed E-state index contributed by atoms with van der Waals surface area (Å²) in [5.74, 6) is -1.15. The number of fused-ring (bicyclic) bond motifs is 3. The van der Waals surface area contributed by atoms with Crippen LogP contribution in [-0.4, -0.2) is 41.8 Å². The average molecular weight is 369 g/mol. The molecule has 6 nitrogen and oxygen atoms in total. The number of hydrogen-bond donors (Lipinski definition) is 2. The number of hydrogen-bond acceptors (Lipinski definition) is 5. The normalized spacial score (nSPS) is 17.9. The van der Waals surface area contributed by atoms with Crippen LogP contribution in [0.1, 0.15) is 29.2 Å². The van der Waals surface area contributed by atoms with Crippen molar-refractivity contribution in [1.29, 1.82) is 0 Å². The topological polar surface area (TPSA) is 74.6 Å². The third kappa shape index (κ3) is 2.42. The van der Waals surface area contributed by atoms with Crippen molar-refractivity contribution in [3.05, 3.63) is 40.2 Å². The summed E-state index contributed by atoms with van der Waals surface area (Å²) in [7, 11) is 0. The summed E-state index contributed by atoms with van der Waals surface area (Å²) < 4.78 is 3.62. The lowest BCUT2D eigenvalue weighted by Crippen LogP contribution is -2.43. The van der Waals surface area contributed by atoms with Gasteiger partial charge in [0.25, 0.3) is 0 Å². The Morgan fingerprint density at radius 1 is 1.23 bits per heavy atom. The van der Waals surface area contributed by atoms with E-state index in [9.17, 15) is 14.7 Å². The van der Waals surface area contributed by atoms with Crippen molar-refractivity contribution in [2.75, 3.05) is 31.1 Å². The van der Waals surface area contributed by atoms with Gasteiger partial charge in [-0.3, -0.25) is 4.79 Å². The molecule has 0 spiro atoms. The first-order chi connectivity index (χ1) is 12.6. The second-order valence-corrected chi connectivity index (χ2v) is 8.06. The molecule has 7 heteroatoms. The van der Waals surface area contributed by atoms with Gasteiger partial charge in [0.05, 0.1) is 5.52 Å². The zero-order chi connectivity index (χ0) is 17.8. The van der Waals surface area contributed by atoms with Gasteiger partial charge in [-0.15, -0.1) is 11.3 Å². The standard InChI is InChI=1S/C19H19N3O3S/c23-17-14(19(24)25)10-22(11-1-2-11)16-13-4-3-12(9-15(13)26-18(16)17)21-7-5-20-6-8-21/h3-4,9-11,20H,1-2,5-8H2,(H,24,25). The Hall–Kier alpha value is -2.38. The van der Waals surface area contributed by atoms with Crippen molar-refractivity contribution in [3.63, 3.8) is 0 Å². The summed E-state index contributed by atoms with van der Waals surface area (Å²) in [5.41, 5.74) is 1.57. The molecule has 0 unspecified atom stereocenters. The Bertz CT molecular complexity index is 1090. The summed E-state index contributed by atoms with van der Waals surface area (Å²) >= 11 is 1.42. The molecule has 0 atom stereocenters. The van der Waals surface area contributed by atoms with Crippen molar-refractivity contribution in [2.24, 2.45) is 0 Å². The van der Waals surface area contributed by atoms with E-state index in [0.717, 1.165) is 60.3 Å². The molecular formula is C19H19N3O3S. The van der Waals surface area contributed by atoms with E-state index in [0.29, 0.717) is 10.7 Å². The number of pyridine rings is 1. The Balaban J connectivity index is 1.75. The number of carboxylic acid groups (broad SMARTS) is 1. The predicted octanol–water partition coefficient (Wildman–Crippen LogP) is 2.66. The molecule has 0 amide bonds. The van der Waals surface area contributed by atoms with E-state index >= 15 is 0 Å². The molecule has 0 bridgehead atoms. The van der Waals surface area contributed by atoms with Crippen molar-refractivity contribution in [3.8, 4) is 0 Å². The van der Waals surface area contributed by atoms with Crippen LogP contribution in [0.25, 0.3) is 20.3 Å². The molecule has 5 rings (SSSR count). The van der Waals surface area contributed by atoms with E-state index < -0.39 is 5.97 Å². The minimum Gasteiger partial charge on any atom is -0.477 e. The smallest absolute Gasteiger partial charge is 0.341 e. The van der Waals surface area contributed by atoms with Crippen LogP contribution in [0.2, 0.25) is 0 Å². The van der Waals surface area contributed by atoms with E-state index in [1.165, 1.54) is 11.3 Å². The monoisotopic (exact) mass is 369 g/mol. The van der Waals surface area contributed by atoms with Crippen molar-refractivity contribution in [2.45, 2.75) is 18.9 Å². The highest BCUT2D eigenvalue weighted by molar-refractivity contribution is 7.25. The van der Waals surface area contributed by atoms with Gasteiger partial charge in [-0.2, -0.15) is 0 Å². The maximum absolute atomic E-state index is 12.7. The minimum atomic E-state index is -1.15. The van der Waals surface area contributed by atoms with Crippen molar-refractivity contribution >= 4 is 43.3 Å². The highest BCUT2D eigenvalue weighted by Gasteiger charge is 2.28. The number of thiophene rings is 1. The number of aromatic nitrogens is 1. The van der Waals surface area contributed by atoms with E-state index in [2.05, 4.69) is 28.4 Å². The lowest BCUT2D eigenvalue weighted by Gasteiger charge is -2.29. The zero-order valence-corrected chi connectivity index (χ0v) is 15.0. The fourth-order valence-electron chi connectivity index (χ4n) is 3.78. The summed E-state index contributed by atoms with van der Waals surface area (Å²) in [4.78, 5) is 26.6. The second-order valence-electron chi connectivity index (χ2n) is 7.01. The van der Waals surface area contributed by atoms with Crippen LogP contribution in [0.15, 0.2) is 29.2 Å². The number of carbonyl (C=O) groups is 1. The SMILES string of the molecule is O=C(O)c1cn(C2CC2)c2c(sc3cc(N4CCNCC4)ccc32)c1=O. The quantitative estimate of drug-likeness (QED) is 0.742. The molecule has 26 heavy (non-hydrogen) atoms. The van der Waals surface area contributed by atoms with Crippen LogP contribution >= 0.6 is 11.3 Å². The van der Waals surface area contributed by atoms with E-state index in [-0.39, 0.29) is 11.0 Å². The summed E-state index contributed by atoms with van der Waals surface area (Å²) in [6.07, 6.45) is 3.61. The molecule has 1 saturated carbocycles. The van der Waals surface area contributed by atoms with Crippen LogP contribution in [0, 0.1) is 0 Å². The molecule has 2 aromatic heterocycles. The molecule has 2 fully saturated rings. The van der Waals surface area contributed by atoms with Crippen LogP contribution < -0.4 is 15.6 Å². The van der Waals surface area contributed by atoms with Crippen molar-refractivity contribution in [1.82, 2.24) is 9.88 Å². The molecule has 1 aliphatic heterocycles. The molecule has 0 radical (unpaired) electrons. The first kappa shape index (κ1) is 15.8. The molecular weight excluding hydrogens is 350 g/mol. The second kappa shape index (κ2) is 5.82. The number of rotatable bonds is 3. The summed E-state index contributed by atoms with van der Waals surface area (Å²) in [6, 6.07) is 6.65. The van der Waals surface area contributed by atoms with Crippen LogP contribution in [0.4, 0.5) is 5.69 Å². The minimum absolute atomic E-state index is 0.127. The fourth-order valence-corrected chi connectivity index (χ4v) is 4.97. The summed E-state index contributed by atoms with van der Waals surface area (Å²) in [5, 5.41) is 13.8. The third-order valence-electron chi connectivity index (χ3n) is 5.28. The van der Waals surface area contributed by atoms with E-state index in [4.69, 9.17) is 0 Å². The predicted molar refractivity (Wildman–Crippen MR) is 104 cm³/mol. The van der Waals surface area contributed by atoms with Crippen LogP contribution in [-0.2, 0) is 0 Å². The molecule has 3 aromatic rings. The average Bonchev–Trinajstić information content (AvgIpc) is 3.42. The molecule has 2 aliphatic rings. The number of benzene rings is 1. The van der Waals surface area contributed by atoms with Crippen LogP contribution in [0.3, 0.4) is 0 Å². The largest absolute Gasteiger partial charge is 0.477 e. The fraction of sp³-hybridized carbons (Fsp3) is 0.368. The number of nitrogens with zero attached hydrogens (tertiary/aromatic N) is 2. The maximum Gasteiger partial charge on any atom is 0.341 e. The van der Waals surface area contributed by atoms with Gasteiger partial charge in [0.1, 0.15) is 10.3 Å². The van der Waals surface area contributed by atoms with Gasteiger partial charge in [0.15, 0.2) is 0 Å². The van der Waals surface area contributed by atoms with E-state index in [1.807, 2.05) is 4.57 Å². The highest BCUT2D eigenvalue weighted by atomic mass is 32.1. The Labute approximate surface area is 153 Å². The van der Waals surface area contributed by atoms with Gasteiger partial charge < -0.3 is 19.9 Å². The molecule has 1 aliphatic carbocycles. The lowest BCUT2D eigenvalue weighted by atomic mass is 10.1.